The quantitative estimate of drug-likeness (QED) is 0.858. The van der Waals surface area contributed by atoms with Crippen LogP contribution in [0.2, 0.25) is 0 Å². The predicted molar refractivity (Wildman–Crippen MR) is 66.1 cm³/mol. The summed E-state index contributed by atoms with van der Waals surface area (Å²) in [4.78, 5) is 27.1. The van der Waals surface area contributed by atoms with Crippen molar-refractivity contribution < 1.29 is 28.7 Å². The summed E-state index contributed by atoms with van der Waals surface area (Å²) >= 11 is 0. The molecule has 0 saturated heterocycles. The highest BCUT2D eigenvalue weighted by Crippen LogP contribution is 2.21. The molecule has 20 heavy (non-hydrogen) atoms. The molecule has 8 heteroatoms. The second-order valence-electron chi connectivity index (χ2n) is 3.98. The lowest BCUT2D eigenvalue weighted by atomic mass is 10.1. The Morgan fingerprint density at radius 1 is 1.55 bits per heavy atom. The van der Waals surface area contributed by atoms with E-state index in [1.54, 1.807) is 0 Å². The molecule has 2 N–H and O–H groups in total. The lowest BCUT2D eigenvalue weighted by Gasteiger charge is -2.10. The van der Waals surface area contributed by atoms with Crippen molar-refractivity contribution in [3.05, 3.63) is 24.0 Å². The van der Waals surface area contributed by atoms with Gasteiger partial charge in [-0.25, -0.2) is 9.18 Å². The SMILES string of the molecule is COc1ccc(NC(=O)C2CC(C(=O)O)=NO2)cc1F. The molecule has 0 fully saturated rings. The second kappa shape index (κ2) is 5.55. The Morgan fingerprint density at radius 2 is 2.30 bits per heavy atom. The minimum Gasteiger partial charge on any atom is -0.494 e. The summed E-state index contributed by atoms with van der Waals surface area (Å²) in [6.07, 6.45) is -1.17. The van der Waals surface area contributed by atoms with Crippen molar-refractivity contribution in [2.45, 2.75) is 12.5 Å². The van der Waals surface area contributed by atoms with Gasteiger partial charge in [0.2, 0.25) is 6.10 Å². The molecule has 1 aliphatic heterocycles. The number of carboxylic acids is 1. The van der Waals surface area contributed by atoms with Crippen LogP contribution in [0.25, 0.3) is 0 Å². The molecule has 7 nitrogen and oxygen atoms in total. The molecule has 0 aromatic heterocycles. The molecule has 0 aliphatic carbocycles. The normalized spacial score (nSPS) is 17.1. The lowest BCUT2D eigenvalue weighted by molar-refractivity contribution is -0.129. The number of ether oxygens (including phenoxy) is 1. The number of amides is 1. The highest BCUT2D eigenvalue weighted by Gasteiger charge is 2.31. The van der Waals surface area contributed by atoms with Crippen LogP contribution in [0.1, 0.15) is 6.42 Å². The Bertz CT molecular complexity index is 587. The summed E-state index contributed by atoms with van der Waals surface area (Å²) < 4.78 is 18.2. The van der Waals surface area contributed by atoms with Crippen molar-refractivity contribution in [2.75, 3.05) is 12.4 Å². The summed E-state index contributed by atoms with van der Waals surface area (Å²) in [5.74, 6) is -2.41. The fraction of sp³-hybridized carbons (Fsp3) is 0.250. The van der Waals surface area contributed by atoms with E-state index < -0.39 is 23.8 Å². The highest BCUT2D eigenvalue weighted by molar-refractivity contribution is 6.36. The van der Waals surface area contributed by atoms with E-state index in [2.05, 4.69) is 10.5 Å². The number of carbonyl (C=O) groups is 2. The van der Waals surface area contributed by atoms with Gasteiger partial charge in [0.15, 0.2) is 17.3 Å². The van der Waals surface area contributed by atoms with Crippen LogP contribution in [0, 0.1) is 5.82 Å². The van der Waals surface area contributed by atoms with E-state index in [0.29, 0.717) is 0 Å². The molecular weight excluding hydrogens is 271 g/mol. The van der Waals surface area contributed by atoms with Crippen LogP contribution in [0.15, 0.2) is 23.4 Å². The van der Waals surface area contributed by atoms with Crippen molar-refractivity contribution in [3.63, 3.8) is 0 Å². The van der Waals surface area contributed by atoms with Crippen LogP contribution in [0.4, 0.5) is 10.1 Å². The first-order valence-corrected chi connectivity index (χ1v) is 5.61. The van der Waals surface area contributed by atoms with Crippen molar-refractivity contribution in [1.82, 2.24) is 0 Å². The van der Waals surface area contributed by atoms with Crippen LogP contribution in [0.5, 0.6) is 5.75 Å². The number of hydrogen-bond acceptors (Lipinski definition) is 5. The molecule has 2 rings (SSSR count). The maximum absolute atomic E-state index is 13.4. The van der Waals surface area contributed by atoms with Crippen LogP contribution < -0.4 is 10.1 Å². The van der Waals surface area contributed by atoms with Crippen LogP contribution in [-0.2, 0) is 14.4 Å². The molecule has 0 radical (unpaired) electrons. The molecule has 1 heterocycles. The molecule has 1 aromatic rings. The highest BCUT2D eigenvalue weighted by atomic mass is 19.1. The van der Waals surface area contributed by atoms with E-state index in [9.17, 15) is 14.0 Å². The van der Waals surface area contributed by atoms with Crippen LogP contribution in [-0.4, -0.2) is 35.9 Å². The van der Waals surface area contributed by atoms with E-state index in [-0.39, 0.29) is 23.6 Å². The molecule has 0 spiro atoms. The fourth-order valence-corrected chi connectivity index (χ4v) is 1.61. The molecule has 1 atom stereocenters. The van der Waals surface area contributed by atoms with Gasteiger partial charge in [0.05, 0.1) is 7.11 Å². The smallest absolute Gasteiger partial charge is 0.353 e. The fourth-order valence-electron chi connectivity index (χ4n) is 1.61. The van der Waals surface area contributed by atoms with Gasteiger partial charge in [0, 0.05) is 18.2 Å². The Morgan fingerprint density at radius 3 is 2.85 bits per heavy atom. The molecular formula is C12H11FN2O5. The summed E-state index contributed by atoms with van der Waals surface area (Å²) in [6, 6.07) is 3.90. The summed E-state index contributed by atoms with van der Waals surface area (Å²) in [5.41, 5.74) is -0.0215. The number of oxime groups is 1. The third kappa shape index (κ3) is 2.85. The standard InChI is InChI=1S/C12H11FN2O5/c1-19-9-3-2-6(4-7(9)13)14-11(16)10-5-8(12(17)18)15-20-10/h2-4,10H,5H2,1H3,(H,14,16)(H,17,18). The topological polar surface area (TPSA) is 97.2 Å². The van der Waals surface area contributed by atoms with Crippen LogP contribution in [0.3, 0.4) is 0 Å². The molecule has 106 valence electrons. The number of halogens is 1. The average molecular weight is 282 g/mol. The van der Waals surface area contributed by atoms with Gasteiger partial charge in [-0.3, -0.25) is 4.79 Å². The Kier molecular flexibility index (Phi) is 3.83. The summed E-state index contributed by atoms with van der Waals surface area (Å²) in [7, 11) is 1.33. The largest absolute Gasteiger partial charge is 0.494 e. The van der Waals surface area contributed by atoms with E-state index in [4.69, 9.17) is 14.7 Å². The number of benzene rings is 1. The Hall–Kier alpha value is -2.64. The Labute approximate surface area is 113 Å². The van der Waals surface area contributed by atoms with E-state index >= 15 is 0 Å². The number of methoxy groups -OCH3 is 1. The van der Waals surface area contributed by atoms with Gasteiger partial charge in [-0.15, -0.1) is 0 Å². The minimum atomic E-state index is -1.24. The zero-order valence-electron chi connectivity index (χ0n) is 10.4. The predicted octanol–water partition coefficient (Wildman–Crippen LogP) is 1.00. The third-order valence-corrected chi connectivity index (χ3v) is 2.63. The first-order chi connectivity index (χ1) is 9.51. The molecule has 1 aromatic carbocycles. The van der Waals surface area contributed by atoms with Crippen molar-refractivity contribution in [2.24, 2.45) is 5.16 Å². The minimum absolute atomic E-state index is 0.0524. The molecule has 1 unspecified atom stereocenters. The first kappa shape index (κ1) is 13.8. The Balaban J connectivity index is 1.99. The maximum atomic E-state index is 13.4. The maximum Gasteiger partial charge on any atom is 0.353 e. The zero-order chi connectivity index (χ0) is 14.7. The number of aliphatic carboxylic acids is 1. The second-order valence-corrected chi connectivity index (χ2v) is 3.98. The van der Waals surface area contributed by atoms with Gasteiger partial charge in [0.1, 0.15) is 0 Å². The monoisotopic (exact) mass is 282 g/mol. The number of carbonyl (C=O) groups excluding carboxylic acids is 1. The van der Waals surface area contributed by atoms with E-state index in [0.717, 1.165) is 6.07 Å². The van der Waals surface area contributed by atoms with Gasteiger partial charge in [-0.2, -0.15) is 0 Å². The lowest BCUT2D eigenvalue weighted by Crippen LogP contribution is -2.28. The van der Waals surface area contributed by atoms with Gasteiger partial charge in [-0.1, -0.05) is 5.16 Å². The third-order valence-electron chi connectivity index (χ3n) is 2.63. The zero-order valence-corrected chi connectivity index (χ0v) is 10.4. The van der Waals surface area contributed by atoms with Crippen LogP contribution >= 0.6 is 0 Å². The van der Waals surface area contributed by atoms with E-state index in [1.807, 2.05) is 0 Å². The van der Waals surface area contributed by atoms with E-state index in [1.165, 1.54) is 19.2 Å². The number of rotatable bonds is 4. The molecule has 1 aliphatic rings. The average Bonchev–Trinajstić information content (AvgIpc) is 2.88. The van der Waals surface area contributed by atoms with Crippen molar-refractivity contribution >= 4 is 23.3 Å². The van der Waals surface area contributed by atoms with Crippen molar-refractivity contribution in [1.29, 1.82) is 0 Å². The molecule has 0 saturated carbocycles. The number of nitrogens with zero attached hydrogens (tertiary/aromatic N) is 1. The number of hydrogen-bond donors (Lipinski definition) is 2. The van der Waals surface area contributed by atoms with Gasteiger partial charge in [-0.05, 0) is 12.1 Å². The van der Waals surface area contributed by atoms with Crippen molar-refractivity contribution in [3.8, 4) is 5.75 Å². The first-order valence-electron chi connectivity index (χ1n) is 5.61. The summed E-state index contributed by atoms with van der Waals surface area (Å²) in [5, 5.41) is 14.4. The number of anilines is 1. The molecule has 0 bridgehead atoms. The van der Waals surface area contributed by atoms with Gasteiger partial charge >= 0.3 is 5.97 Å². The summed E-state index contributed by atoms with van der Waals surface area (Å²) in [6.45, 7) is 0. The number of nitrogens with one attached hydrogen (secondary N) is 1. The van der Waals surface area contributed by atoms with Gasteiger partial charge in [0.25, 0.3) is 5.91 Å². The van der Waals surface area contributed by atoms with Gasteiger partial charge < -0.3 is 20.0 Å². The molecule has 1 amide bonds. The number of carboxylic acid groups (broad SMARTS) is 1.